The van der Waals surface area contributed by atoms with Gasteiger partial charge in [-0.2, -0.15) is 0 Å². The van der Waals surface area contributed by atoms with Crippen LogP contribution in [0.5, 0.6) is 0 Å². The van der Waals surface area contributed by atoms with Crippen LogP contribution in [0.15, 0.2) is 6.33 Å². The molecule has 0 radical (unpaired) electrons. The van der Waals surface area contributed by atoms with Crippen molar-refractivity contribution in [2.45, 2.75) is 26.3 Å². The zero-order valence-corrected chi connectivity index (χ0v) is 10.9. The third kappa shape index (κ3) is 1.68. The molecule has 1 aromatic rings. The van der Waals surface area contributed by atoms with Gasteiger partial charge in [0.15, 0.2) is 11.6 Å². The van der Waals surface area contributed by atoms with E-state index in [1.807, 2.05) is 6.92 Å². The number of aromatic nitrogens is 2. The van der Waals surface area contributed by atoms with E-state index in [0.717, 1.165) is 19.6 Å². The molecule has 3 rings (SSSR count). The Balaban J connectivity index is 1.92. The van der Waals surface area contributed by atoms with Crippen molar-refractivity contribution in [1.29, 1.82) is 0 Å². The second kappa shape index (κ2) is 4.46. The number of nitrogens with zero attached hydrogens (tertiary/aromatic N) is 3. The summed E-state index contributed by atoms with van der Waals surface area (Å²) in [4.78, 5) is 10.3. The highest BCUT2D eigenvalue weighted by Crippen LogP contribution is 2.36. The molecule has 4 nitrogen and oxygen atoms in total. The number of halogens is 1. The third-order valence-corrected chi connectivity index (χ3v) is 4.38. The van der Waals surface area contributed by atoms with Crippen LogP contribution in [-0.2, 0) is 6.42 Å². The van der Waals surface area contributed by atoms with Crippen LogP contribution < -0.4 is 10.2 Å². The van der Waals surface area contributed by atoms with E-state index in [9.17, 15) is 4.39 Å². The monoisotopic (exact) mass is 250 g/mol. The van der Waals surface area contributed by atoms with Crippen molar-refractivity contribution in [3.05, 3.63) is 17.8 Å². The predicted molar refractivity (Wildman–Crippen MR) is 68.0 cm³/mol. The molecule has 0 spiro atoms. The number of rotatable bonds is 2. The second-order valence-electron chi connectivity index (χ2n) is 5.29. The van der Waals surface area contributed by atoms with Gasteiger partial charge in [0.2, 0.25) is 0 Å². The van der Waals surface area contributed by atoms with E-state index in [-0.39, 0.29) is 5.82 Å². The van der Waals surface area contributed by atoms with Crippen molar-refractivity contribution >= 4 is 5.82 Å². The normalized spacial score (nSPS) is 30.8. The van der Waals surface area contributed by atoms with E-state index in [1.165, 1.54) is 6.33 Å². The van der Waals surface area contributed by atoms with Gasteiger partial charge in [0.25, 0.3) is 0 Å². The summed E-state index contributed by atoms with van der Waals surface area (Å²) in [6, 6.07) is 0.346. The summed E-state index contributed by atoms with van der Waals surface area (Å²) in [7, 11) is 0. The molecule has 0 aromatic carbocycles. The van der Waals surface area contributed by atoms with Gasteiger partial charge in [-0.15, -0.1) is 0 Å². The first-order valence-corrected chi connectivity index (χ1v) is 6.69. The van der Waals surface area contributed by atoms with Gasteiger partial charge < -0.3 is 10.2 Å². The van der Waals surface area contributed by atoms with Gasteiger partial charge in [0.1, 0.15) is 6.33 Å². The van der Waals surface area contributed by atoms with Crippen molar-refractivity contribution in [3.8, 4) is 0 Å². The summed E-state index contributed by atoms with van der Waals surface area (Å²) in [5.74, 6) is 1.49. The number of aryl methyl sites for hydroxylation is 1. The largest absolute Gasteiger partial charge is 0.351 e. The van der Waals surface area contributed by atoms with Gasteiger partial charge >= 0.3 is 0 Å². The van der Waals surface area contributed by atoms with Gasteiger partial charge in [-0.25, -0.2) is 14.4 Å². The van der Waals surface area contributed by atoms with Gasteiger partial charge in [-0.05, 0) is 25.2 Å². The van der Waals surface area contributed by atoms with Crippen LogP contribution >= 0.6 is 0 Å². The molecule has 3 unspecified atom stereocenters. The highest BCUT2D eigenvalue weighted by atomic mass is 19.1. The zero-order valence-electron chi connectivity index (χ0n) is 10.9. The standard InChI is InChI=1S/C13H19FN4/c1-3-11-12(14)13(17-7-16-11)18-6-9-4-15-5-10(9)8(18)2/h7-10,15H,3-6H2,1-2H3. The lowest BCUT2D eigenvalue weighted by atomic mass is 9.95. The summed E-state index contributed by atoms with van der Waals surface area (Å²) in [5.41, 5.74) is 0.516. The Labute approximate surface area is 107 Å². The molecule has 2 fully saturated rings. The minimum atomic E-state index is -0.236. The van der Waals surface area contributed by atoms with Crippen molar-refractivity contribution < 1.29 is 4.39 Å². The molecule has 0 saturated carbocycles. The SMILES string of the molecule is CCc1ncnc(N2CC3CNCC3C2C)c1F. The summed E-state index contributed by atoms with van der Waals surface area (Å²) in [5, 5.41) is 3.41. The zero-order chi connectivity index (χ0) is 12.7. The maximum absolute atomic E-state index is 14.3. The third-order valence-electron chi connectivity index (χ3n) is 4.38. The highest BCUT2D eigenvalue weighted by Gasteiger charge is 2.43. The number of hydrogen-bond donors (Lipinski definition) is 1. The maximum Gasteiger partial charge on any atom is 0.187 e. The van der Waals surface area contributed by atoms with Gasteiger partial charge in [-0.3, -0.25) is 0 Å². The Bertz CT molecular complexity index is 451. The molecule has 1 N–H and O–H groups in total. The van der Waals surface area contributed by atoms with E-state index in [0.29, 0.717) is 35.8 Å². The van der Waals surface area contributed by atoms with Gasteiger partial charge in [-0.1, -0.05) is 6.92 Å². The summed E-state index contributed by atoms with van der Waals surface area (Å²) >= 11 is 0. The van der Waals surface area contributed by atoms with E-state index in [2.05, 4.69) is 27.1 Å². The fourth-order valence-electron chi connectivity index (χ4n) is 3.29. The second-order valence-corrected chi connectivity index (χ2v) is 5.29. The van der Waals surface area contributed by atoms with Gasteiger partial charge in [0.05, 0.1) is 5.69 Å². The molecule has 0 amide bonds. The van der Waals surface area contributed by atoms with E-state index in [4.69, 9.17) is 0 Å². The van der Waals surface area contributed by atoms with E-state index < -0.39 is 0 Å². The first kappa shape index (κ1) is 11.8. The van der Waals surface area contributed by atoms with Crippen molar-refractivity contribution in [2.24, 2.45) is 11.8 Å². The average Bonchev–Trinajstić information content (AvgIpc) is 2.94. The molecule has 5 heteroatoms. The van der Waals surface area contributed by atoms with Crippen LogP contribution in [0, 0.1) is 17.7 Å². The Morgan fingerprint density at radius 2 is 2.28 bits per heavy atom. The van der Waals surface area contributed by atoms with Crippen molar-refractivity contribution in [1.82, 2.24) is 15.3 Å². The van der Waals surface area contributed by atoms with Crippen molar-refractivity contribution in [2.75, 3.05) is 24.5 Å². The quantitative estimate of drug-likeness (QED) is 0.857. The molecule has 2 aliphatic rings. The fourth-order valence-corrected chi connectivity index (χ4v) is 3.29. The van der Waals surface area contributed by atoms with Gasteiger partial charge in [0, 0.05) is 25.7 Å². The first-order chi connectivity index (χ1) is 8.72. The van der Waals surface area contributed by atoms with Crippen LogP contribution in [0.1, 0.15) is 19.5 Å². The van der Waals surface area contributed by atoms with E-state index >= 15 is 0 Å². The van der Waals surface area contributed by atoms with E-state index in [1.54, 1.807) is 0 Å². The molecule has 2 aliphatic heterocycles. The Kier molecular flexibility index (Phi) is 2.93. The van der Waals surface area contributed by atoms with Crippen LogP contribution in [0.3, 0.4) is 0 Å². The Morgan fingerprint density at radius 3 is 3.00 bits per heavy atom. The molecular weight excluding hydrogens is 231 g/mol. The molecule has 18 heavy (non-hydrogen) atoms. The Morgan fingerprint density at radius 1 is 1.44 bits per heavy atom. The molecule has 98 valence electrons. The number of nitrogens with one attached hydrogen (secondary N) is 1. The highest BCUT2D eigenvalue weighted by molar-refractivity contribution is 5.44. The Hall–Kier alpha value is -1.23. The van der Waals surface area contributed by atoms with Crippen molar-refractivity contribution in [3.63, 3.8) is 0 Å². The van der Waals surface area contributed by atoms with Crippen LogP contribution in [0.25, 0.3) is 0 Å². The molecule has 2 saturated heterocycles. The lowest BCUT2D eigenvalue weighted by Gasteiger charge is -2.26. The van der Waals surface area contributed by atoms with Crippen LogP contribution in [0.2, 0.25) is 0 Å². The van der Waals surface area contributed by atoms with Crippen LogP contribution in [-0.4, -0.2) is 35.6 Å². The molecule has 0 bridgehead atoms. The average molecular weight is 250 g/mol. The summed E-state index contributed by atoms with van der Waals surface area (Å²) in [6.07, 6.45) is 2.09. The molecular formula is C13H19FN4. The summed E-state index contributed by atoms with van der Waals surface area (Å²) in [6.45, 7) is 7.07. The lowest BCUT2D eigenvalue weighted by Crippen LogP contribution is -2.34. The maximum atomic E-state index is 14.3. The molecule has 3 atom stereocenters. The number of fused-ring (bicyclic) bond motifs is 1. The molecule has 3 heterocycles. The predicted octanol–water partition coefficient (Wildman–Crippen LogP) is 1.22. The lowest BCUT2D eigenvalue weighted by molar-refractivity contribution is 0.469. The minimum Gasteiger partial charge on any atom is -0.351 e. The first-order valence-electron chi connectivity index (χ1n) is 6.69. The number of anilines is 1. The van der Waals surface area contributed by atoms with Crippen LogP contribution in [0.4, 0.5) is 10.2 Å². The molecule has 1 aromatic heterocycles. The summed E-state index contributed by atoms with van der Waals surface area (Å²) < 4.78 is 14.3. The fraction of sp³-hybridized carbons (Fsp3) is 0.692. The smallest absolute Gasteiger partial charge is 0.187 e. The topological polar surface area (TPSA) is 41.1 Å². The molecule has 0 aliphatic carbocycles. The minimum absolute atomic E-state index is 0.236. The number of hydrogen-bond acceptors (Lipinski definition) is 4.